The molecule has 2 fully saturated rings. The number of piperazine rings is 2. The summed E-state index contributed by atoms with van der Waals surface area (Å²) in [6.45, 7) is 11.2. The number of aromatic nitrogens is 3. The summed E-state index contributed by atoms with van der Waals surface area (Å²) < 4.78 is 25.7. The molecular formula is C61H61N7O6. The molecule has 6 aromatic carbocycles. The van der Waals surface area contributed by atoms with E-state index in [2.05, 4.69) is 75.8 Å². The van der Waals surface area contributed by atoms with Gasteiger partial charge in [-0.25, -0.2) is 9.59 Å². The topological polar surface area (TPSA) is 118 Å². The molecule has 5 heterocycles. The van der Waals surface area contributed by atoms with Gasteiger partial charge in [0.15, 0.2) is 0 Å². The lowest BCUT2D eigenvalue weighted by molar-refractivity contribution is 0.0935. The Morgan fingerprint density at radius 3 is 1.47 bits per heavy atom. The van der Waals surface area contributed by atoms with E-state index in [4.69, 9.17) is 23.9 Å². The van der Waals surface area contributed by atoms with Gasteiger partial charge in [0.1, 0.15) is 32.1 Å². The summed E-state index contributed by atoms with van der Waals surface area (Å²) in [4.78, 5) is 41.6. The Balaban J connectivity index is 0.000000202. The summed E-state index contributed by atoms with van der Waals surface area (Å²) in [6.07, 6.45) is 3.68. The fourth-order valence-corrected chi connectivity index (χ4v) is 9.64. The zero-order valence-corrected chi connectivity index (χ0v) is 41.9. The Hall–Kier alpha value is -8.71. The lowest BCUT2D eigenvalue weighted by Gasteiger charge is -2.36. The van der Waals surface area contributed by atoms with E-state index in [1.807, 2.05) is 140 Å². The quantitative estimate of drug-likeness (QED) is 0.120. The SMILES string of the molecule is Cc1c[nH]c2cccc(N3CCN(C(=O)OCc4ccccc4)CC3)c12.Cc1cn(-c2ccc(OCc3ccccc3)nc2OCc2ccccc2)c2cccc(N3CCN(C(=O)OCc4ccccc4)CC3)c12. The number of rotatable bonds is 13. The second-order valence-electron chi connectivity index (χ2n) is 18.6. The van der Waals surface area contributed by atoms with Crippen LogP contribution < -0.4 is 19.3 Å². The summed E-state index contributed by atoms with van der Waals surface area (Å²) in [7, 11) is 0. The van der Waals surface area contributed by atoms with Crippen LogP contribution in [0.3, 0.4) is 0 Å². The number of nitrogens with one attached hydrogen (secondary N) is 1. The molecule has 0 spiro atoms. The second kappa shape index (κ2) is 23.2. The number of benzene rings is 6. The summed E-state index contributed by atoms with van der Waals surface area (Å²) in [5, 5.41) is 2.43. The maximum absolute atomic E-state index is 12.8. The first kappa shape index (κ1) is 48.9. The van der Waals surface area contributed by atoms with E-state index in [-0.39, 0.29) is 18.8 Å². The van der Waals surface area contributed by atoms with Gasteiger partial charge in [-0.15, -0.1) is 0 Å². The average Bonchev–Trinajstić information content (AvgIpc) is 4.02. The first-order chi connectivity index (χ1) is 36.3. The molecule has 2 aliphatic rings. The van der Waals surface area contributed by atoms with Gasteiger partial charge in [0, 0.05) is 98.5 Å². The molecule has 13 nitrogen and oxygen atoms in total. The zero-order chi connectivity index (χ0) is 50.6. The van der Waals surface area contributed by atoms with Crippen molar-refractivity contribution in [3.63, 3.8) is 0 Å². The molecule has 13 heteroatoms. The van der Waals surface area contributed by atoms with Crippen molar-refractivity contribution >= 4 is 45.4 Å². The normalized spacial score (nSPS) is 13.6. The number of pyridine rings is 1. The van der Waals surface area contributed by atoms with Crippen LogP contribution in [0.5, 0.6) is 11.8 Å². The zero-order valence-electron chi connectivity index (χ0n) is 41.9. The van der Waals surface area contributed by atoms with Gasteiger partial charge < -0.3 is 48.1 Å². The van der Waals surface area contributed by atoms with E-state index >= 15 is 0 Å². The van der Waals surface area contributed by atoms with Crippen LogP contribution in [0, 0.1) is 13.8 Å². The van der Waals surface area contributed by atoms with Gasteiger partial charge in [0.25, 0.3) is 0 Å². The van der Waals surface area contributed by atoms with E-state index in [1.165, 1.54) is 16.6 Å². The maximum Gasteiger partial charge on any atom is 0.410 e. The highest BCUT2D eigenvalue weighted by molar-refractivity contribution is 5.97. The van der Waals surface area contributed by atoms with Gasteiger partial charge in [-0.1, -0.05) is 133 Å². The van der Waals surface area contributed by atoms with Crippen molar-refractivity contribution in [1.29, 1.82) is 0 Å². The minimum atomic E-state index is -0.272. The number of anilines is 2. The highest BCUT2D eigenvalue weighted by atomic mass is 16.6. The molecule has 11 rings (SSSR count). The Morgan fingerprint density at radius 1 is 0.473 bits per heavy atom. The molecule has 3 aromatic heterocycles. The second-order valence-corrected chi connectivity index (χ2v) is 18.6. The molecule has 2 saturated heterocycles. The number of hydrogen-bond acceptors (Lipinski definition) is 9. The van der Waals surface area contributed by atoms with Gasteiger partial charge >= 0.3 is 12.2 Å². The van der Waals surface area contributed by atoms with Crippen molar-refractivity contribution in [1.82, 2.24) is 24.3 Å². The number of aromatic amines is 1. The lowest BCUT2D eigenvalue weighted by atomic mass is 10.1. The highest BCUT2D eigenvalue weighted by Crippen LogP contribution is 2.37. The van der Waals surface area contributed by atoms with Gasteiger partial charge in [0.05, 0.1) is 5.52 Å². The van der Waals surface area contributed by atoms with Gasteiger partial charge in [0.2, 0.25) is 11.8 Å². The Kier molecular flexibility index (Phi) is 15.3. The van der Waals surface area contributed by atoms with Gasteiger partial charge in [-0.2, -0.15) is 4.98 Å². The van der Waals surface area contributed by atoms with Crippen molar-refractivity contribution in [2.24, 2.45) is 0 Å². The third kappa shape index (κ3) is 11.6. The Bertz CT molecular complexity index is 3280. The molecule has 2 aliphatic heterocycles. The number of fused-ring (bicyclic) bond motifs is 2. The smallest absolute Gasteiger partial charge is 0.410 e. The number of aryl methyl sites for hydroxylation is 2. The lowest BCUT2D eigenvalue weighted by Crippen LogP contribution is -2.49. The molecule has 9 aromatic rings. The molecule has 0 bridgehead atoms. The van der Waals surface area contributed by atoms with Crippen molar-refractivity contribution < 1.29 is 28.5 Å². The molecule has 0 radical (unpaired) electrons. The number of carbonyl (C=O) groups excluding carboxylic acids is 2. The summed E-state index contributed by atoms with van der Waals surface area (Å²) in [6, 6.07) is 56.3. The molecule has 74 heavy (non-hydrogen) atoms. The van der Waals surface area contributed by atoms with Crippen molar-refractivity contribution in [2.75, 3.05) is 62.2 Å². The molecule has 0 saturated carbocycles. The van der Waals surface area contributed by atoms with E-state index in [1.54, 1.807) is 9.80 Å². The number of amides is 2. The van der Waals surface area contributed by atoms with Crippen molar-refractivity contribution in [2.45, 2.75) is 40.3 Å². The van der Waals surface area contributed by atoms with Gasteiger partial charge in [-0.05, 0) is 77.6 Å². The van der Waals surface area contributed by atoms with E-state index < -0.39 is 0 Å². The predicted molar refractivity (Wildman–Crippen MR) is 291 cm³/mol. The summed E-state index contributed by atoms with van der Waals surface area (Å²) in [5.41, 5.74) is 11.9. The Labute approximate surface area is 432 Å². The molecule has 0 atom stereocenters. The third-order valence-electron chi connectivity index (χ3n) is 13.6. The fourth-order valence-electron chi connectivity index (χ4n) is 9.64. The average molecular weight is 988 g/mol. The van der Waals surface area contributed by atoms with Crippen LogP contribution in [0.15, 0.2) is 182 Å². The van der Waals surface area contributed by atoms with Crippen LogP contribution in [-0.2, 0) is 35.9 Å². The van der Waals surface area contributed by atoms with Crippen molar-refractivity contribution in [3.8, 4) is 17.4 Å². The Morgan fingerprint density at radius 2 is 0.946 bits per heavy atom. The standard InChI is InChI=1S/C40H38N4O4.C21H23N3O2/c1-30-26-44(36-20-21-37(46-27-31-12-5-2-6-13-31)41-39(36)47-28-32-14-7-3-8-15-32)35-19-11-18-34(38(30)35)42-22-24-43(25-23-42)40(45)48-29-33-16-9-4-10-17-33;1-16-14-22-18-8-5-9-19(20(16)18)23-10-12-24(13-11-23)21(25)26-15-17-6-3-2-4-7-17/h2-21,26H,22-25,27-29H2,1H3;2-9,14,22H,10-13,15H2,1H3. The molecule has 0 unspecified atom stereocenters. The largest absolute Gasteiger partial charge is 0.473 e. The molecule has 2 amide bonds. The van der Waals surface area contributed by atoms with E-state index in [0.717, 1.165) is 68.7 Å². The number of hydrogen-bond donors (Lipinski definition) is 1. The number of ether oxygens (including phenoxy) is 4. The highest BCUT2D eigenvalue weighted by Gasteiger charge is 2.26. The molecular weight excluding hydrogens is 927 g/mol. The first-order valence-corrected chi connectivity index (χ1v) is 25.3. The van der Waals surface area contributed by atoms with Crippen LogP contribution in [0.1, 0.15) is 33.4 Å². The van der Waals surface area contributed by atoms with Crippen LogP contribution in [0.4, 0.5) is 21.0 Å². The van der Waals surface area contributed by atoms with E-state index in [0.29, 0.717) is 70.8 Å². The summed E-state index contributed by atoms with van der Waals surface area (Å²) in [5.74, 6) is 0.994. The molecule has 1 N–H and O–H groups in total. The van der Waals surface area contributed by atoms with Crippen LogP contribution in [-0.4, -0.2) is 88.9 Å². The number of nitrogens with zero attached hydrogens (tertiary/aromatic N) is 6. The van der Waals surface area contributed by atoms with Crippen LogP contribution >= 0.6 is 0 Å². The molecule has 376 valence electrons. The fraction of sp³-hybridized carbons (Fsp3) is 0.230. The van der Waals surface area contributed by atoms with Gasteiger partial charge in [-0.3, -0.25) is 0 Å². The van der Waals surface area contributed by atoms with Crippen LogP contribution in [0.25, 0.3) is 27.5 Å². The predicted octanol–water partition coefficient (Wildman–Crippen LogP) is 11.9. The monoisotopic (exact) mass is 987 g/mol. The number of carbonyl (C=O) groups is 2. The van der Waals surface area contributed by atoms with E-state index in [9.17, 15) is 9.59 Å². The third-order valence-corrected chi connectivity index (χ3v) is 13.6. The minimum absolute atomic E-state index is 0.232. The summed E-state index contributed by atoms with van der Waals surface area (Å²) >= 11 is 0. The molecule has 0 aliphatic carbocycles. The van der Waals surface area contributed by atoms with Crippen molar-refractivity contribution in [3.05, 3.63) is 216 Å². The minimum Gasteiger partial charge on any atom is -0.473 e. The number of H-pyrrole nitrogens is 1. The van der Waals surface area contributed by atoms with Crippen LogP contribution in [0.2, 0.25) is 0 Å². The maximum atomic E-state index is 12.8. The first-order valence-electron chi connectivity index (χ1n) is 25.3.